The van der Waals surface area contributed by atoms with Crippen molar-refractivity contribution in [1.29, 1.82) is 0 Å². The third-order valence-electron chi connectivity index (χ3n) is 6.05. The van der Waals surface area contributed by atoms with Crippen LogP contribution in [0.3, 0.4) is 0 Å². The minimum atomic E-state index is -0.894. The van der Waals surface area contributed by atoms with Gasteiger partial charge in [0.2, 0.25) is 0 Å². The molecule has 3 aliphatic rings. The molecule has 1 saturated carbocycles. The fraction of sp³-hybridized carbons (Fsp3) is 0.524. The molecule has 0 aromatic heterocycles. The second-order valence-electron chi connectivity index (χ2n) is 8.11. The molecule has 30 heavy (non-hydrogen) atoms. The van der Waals surface area contributed by atoms with Crippen LogP contribution in [0.2, 0.25) is 0 Å². The molecule has 160 valence electrons. The van der Waals surface area contributed by atoms with Crippen molar-refractivity contribution in [2.24, 2.45) is 5.92 Å². The van der Waals surface area contributed by atoms with Gasteiger partial charge in [-0.1, -0.05) is 19.1 Å². The Kier molecular flexibility index (Phi) is 5.73. The lowest BCUT2D eigenvalue weighted by Crippen LogP contribution is -2.49. The first kappa shape index (κ1) is 20.7. The van der Waals surface area contributed by atoms with Crippen molar-refractivity contribution in [3.8, 4) is 0 Å². The second kappa shape index (κ2) is 8.29. The third kappa shape index (κ3) is 3.90. The van der Waals surface area contributed by atoms with Crippen LogP contribution >= 0.6 is 11.8 Å². The molecule has 2 fully saturated rings. The largest absolute Gasteiger partial charge is 0.454 e. The van der Waals surface area contributed by atoms with Gasteiger partial charge in [-0.2, -0.15) is 0 Å². The lowest BCUT2D eigenvalue weighted by atomic mass is 9.77. The van der Waals surface area contributed by atoms with Crippen molar-refractivity contribution >= 4 is 41.3 Å². The van der Waals surface area contributed by atoms with Crippen LogP contribution in [-0.2, 0) is 19.1 Å². The molecule has 2 heterocycles. The van der Waals surface area contributed by atoms with Crippen LogP contribution < -0.4 is 10.2 Å². The van der Waals surface area contributed by atoms with Gasteiger partial charge in [0.1, 0.15) is 12.1 Å². The Balaban J connectivity index is 1.33. The Morgan fingerprint density at radius 2 is 1.97 bits per heavy atom. The van der Waals surface area contributed by atoms with E-state index in [0.717, 1.165) is 34.1 Å². The molecule has 4 amide bonds. The van der Waals surface area contributed by atoms with E-state index in [9.17, 15) is 19.2 Å². The number of para-hydroxylation sites is 1. The Hall–Kier alpha value is -2.55. The van der Waals surface area contributed by atoms with Gasteiger partial charge in [0.25, 0.3) is 11.8 Å². The van der Waals surface area contributed by atoms with E-state index in [1.165, 1.54) is 0 Å². The summed E-state index contributed by atoms with van der Waals surface area (Å²) in [6, 6.07) is 7.01. The number of thioether (sulfide) groups is 1. The number of nitrogens with zero attached hydrogens (tertiary/aromatic N) is 2. The van der Waals surface area contributed by atoms with Gasteiger partial charge < -0.3 is 15.0 Å². The van der Waals surface area contributed by atoms with Crippen molar-refractivity contribution in [2.45, 2.75) is 43.0 Å². The van der Waals surface area contributed by atoms with Gasteiger partial charge in [0, 0.05) is 17.2 Å². The lowest BCUT2D eigenvalue weighted by molar-refractivity contribution is -0.150. The summed E-state index contributed by atoms with van der Waals surface area (Å²) >= 11 is 1.68. The van der Waals surface area contributed by atoms with Gasteiger partial charge >= 0.3 is 12.0 Å². The SMILES string of the molecule is CC1CCC2(CC1)NC(=O)N(CC(=O)OCC(=O)N1CCSc3ccccc31)C2=O. The fourth-order valence-electron chi connectivity index (χ4n) is 4.24. The van der Waals surface area contributed by atoms with Crippen molar-refractivity contribution < 1.29 is 23.9 Å². The number of carbonyl (C=O) groups excluding carboxylic acids is 4. The van der Waals surface area contributed by atoms with E-state index >= 15 is 0 Å². The number of hydrogen-bond acceptors (Lipinski definition) is 6. The van der Waals surface area contributed by atoms with E-state index in [1.807, 2.05) is 24.3 Å². The average Bonchev–Trinajstić information content (AvgIpc) is 2.98. The molecular weight excluding hydrogens is 406 g/mol. The number of imide groups is 1. The van der Waals surface area contributed by atoms with Crippen molar-refractivity contribution in [3.05, 3.63) is 24.3 Å². The molecule has 0 atom stereocenters. The summed E-state index contributed by atoms with van der Waals surface area (Å²) in [6.45, 7) is 1.75. The molecule has 1 aliphatic carbocycles. The summed E-state index contributed by atoms with van der Waals surface area (Å²) in [6.07, 6.45) is 2.87. The molecular formula is C21H25N3O5S. The van der Waals surface area contributed by atoms with Crippen LogP contribution in [0.25, 0.3) is 0 Å². The normalized spacial score (nSPS) is 25.8. The molecule has 1 N–H and O–H groups in total. The number of rotatable bonds is 4. The van der Waals surface area contributed by atoms with Gasteiger partial charge in [-0.15, -0.1) is 11.8 Å². The van der Waals surface area contributed by atoms with E-state index < -0.39 is 30.7 Å². The zero-order chi connectivity index (χ0) is 21.3. The summed E-state index contributed by atoms with van der Waals surface area (Å²) in [5, 5.41) is 2.77. The minimum absolute atomic E-state index is 0.328. The highest BCUT2D eigenvalue weighted by Crippen LogP contribution is 2.36. The number of ether oxygens (including phenoxy) is 1. The van der Waals surface area contributed by atoms with Gasteiger partial charge in [0.05, 0.1) is 5.69 Å². The number of carbonyl (C=O) groups is 4. The lowest BCUT2D eigenvalue weighted by Gasteiger charge is -2.33. The Bertz CT molecular complexity index is 881. The molecule has 1 aromatic carbocycles. The summed E-state index contributed by atoms with van der Waals surface area (Å²) < 4.78 is 5.11. The molecule has 0 unspecified atom stereocenters. The van der Waals surface area contributed by atoms with E-state index in [-0.39, 0.29) is 11.8 Å². The highest BCUT2D eigenvalue weighted by molar-refractivity contribution is 7.99. The predicted molar refractivity (Wildman–Crippen MR) is 111 cm³/mol. The quantitative estimate of drug-likeness (QED) is 0.580. The molecule has 1 aromatic rings. The number of anilines is 1. The number of nitrogens with one attached hydrogen (secondary N) is 1. The van der Waals surface area contributed by atoms with Gasteiger partial charge in [-0.05, 0) is 43.7 Å². The zero-order valence-electron chi connectivity index (χ0n) is 16.9. The average molecular weight is 432 g/mol. The number of hydrogen-bond donors (Lipinski definition) is 1. The number of esters is 1. The standard InChI is InChI=1S/C21H25N3O5S/c1-14-6-8-21(9-7-14)19(27)24(20(28)22-21)12-18(26)29-13-17(25)23-10-11-30-16-5-3-2-4-15(16)23/h2-5,14H,6-13H2,1H3,(H,22,28). The molecule has 8 nitrogen and oxygen atoms in total. The number of amides is 4. The Labute approximate surface area is 179 Å². The second-order valence-corrected chi connectivity index (χ2v) is 9.25. The van der Waals surface area contributed by atoms with Crippen LogP contribution in [0.15, 0.2) is 29.2 Å². The van der Waals surface area contributed by atoms with E-state index in [2.05, 4.69) is 12.2 Å². The van der Waals surface area contributed by atoms with Crippen molar-refractivity contribution in [3.63, 3.8) is 0 Å². The Morgan fingerprint density at radius 3 is 2.73 bits per heavy atom. The van der Waals surface area contributed by atoms with Crippen molar-refractivity contribution in [1.82, 2.24) is 10.2 Å². The minimum Gasteiger partial charge on any atom is -0.454 e. The summed E-state index contributed by atoms with van der Waals surface area (Å²) in [7, 11) is 0. The first-order valence-electron chi connectivity index (χ1n) is 10.2. The molecule has 2 aliphatic heterocycles. The Morgan fingerprint density at radius 1 is 1.23 bits per heavy atom. The molecule has 4 rings (SSSR count). The monoisotopic (exact) mass is 431 g/mol. The molecule has 0 bridgehead atoms. The van der Waals surface area contributed by atoms with Crippen LogP contribution in [0.5, 0.6) is 0 Å². The fourth-order valence-corrected chi connectivity index (χ4v) is 5.23. The molecule has 1 spiro atoms. The van der Waals surface area contributed by atoms with Crippen LogP contribution in [0, 0.1) is 5.92 Å². The molecule has 1 saturated heterocycles. The summed E-state index contributed by atoms with van der Waals surface area (Å²) in [4.78, 5) is 53.5. The smallest absolute Gasteiger partial charge is 0.326 e. The summed E-state index contributed by atoms with van der Waals surface area (Å²) in [5.74, 6) is -0.188. The third-order valence-corrected chi connectivity index (χ3v) is 7.09. The number of fused-ring (bicyclic) bond motifs is 1. The van der Waals surface area contributed by atoms with E-state index in [1.54, 1.807) is 16.7 Å². The van der Waals surface area contributed by atoms with Crippen LogP contribution in [0.4, 0.5) is 10.5 Å². The maximum Gasteiger partial charge on any atom is 0.326 e. The predicted octanol–water partition coefficient (Wildman–Crippen LogP) is 2.17. The maximum atomic E-state index is 12.8. The topological polar surface area (TPSA) is 96.0 Å². The highest BCUT2D eigenvalue weighted by Gasteiger charge is 2.52. The van der Waals surface area contributed by atoms with Crippen LogP contribution in [-0.4, -0.2) is 59.7 Å². The highest BCUT2D eigenvalue weighted by atomic mass is 32.2. The van der Waals surface area contributed by atoms with Gasteiger partial charge in [-0.3, -0.25) is 19.3 Å². The van der Waals surface area contributed by atoms with Gasteiger partial charge in [0.15, 0.2) is 6.61 Å². The van der Waals surface area contributed by atoms with E-state index in [4.69, 9.17) is 4.74 Å². The number of urea groups is 1. The van der Waals surface area contributed by atoms with E-state index in [0.29, 0.717) is 25.3 Å². The zero-order valence-corrected chi connectivity index (χ0v) is 17.7. The first-order chi connectivity index (χ1) is 14.4. The van der Waals surface area contributed by atoms with Crippen molar-refractivity contribution in [2.75, 3.05) is 30.3 Å². The molecule has 9 heteroatoms. The molecule has 0 radical (unpaired) electrons. The maximum absolute atomic E-state index is 12.8. The summed E-state index contributed by atoms with van der Waals surface area (Å²) in [5.41, 5.74) is -0.0909. The van der Waals surface area contributed by atoms with Crippen LogP contribution in [0.1, 0.15) is 32.6 Å². The number of benzene rings is 1. The van der Waals surface area contributed by atoms with Gasteiger partial charge in [-0.25, -0.2) is 4.79 Å². The first-order valence-corrected chi connectivity index (χ1v) is 11.2.